The third kappa shape index (κ3) is 1.78. The zero-order valence-electron chi connectivity index (χ0n) is 8.39. The molecule has 1 aromatic rings. The Hall–Kier alpha value is -0.760. The third-order valence-corrected chi connectivity index (χ3v) is 2.84. The molecule has 1 aromatic heterocycles. The second-order valence-electron chi connectivity index (χ2n) is 3.89. The number of piperidine rings is 1. The minimum atomic E-state index is 0.459. The van der Waals surface area contributed by atoms with Crippen LogP contribution < -0.4 is 5.32 Å². The Morgan fingerprint density at radius 3 is 2.77 bits per heavy atom. The van der Waals surface area contributed by atoms with Gasteiger partial charge >= 0.3 is 0 Å². The maximum absolute atomic E-state index is 5.69. The van der Waals surface area contributed by atoms with E-state index in [2.05, 4.69) is 18.3 Å². The lowest BCUT2D eigenvalue weighted by Gasteiger charge is -2.21. The van der Waals surface area contributed by atoms with Gasteiger partial charge in [-0.05, 0) is 44.9 Å². The van der Waals surface area contributed by atoms with Gasteiger partial charge in [0.05, 0.1) is 6.04 Å². The zero-order valence-corrected chi connectivity index (χ0v) is 8.39. The minimum Gasteiger partial charge on any atom is -0.464 e. The number of furan rings is 1. The fourth-order valence-corrected chi connectivity index (χ4v) is 1.87. The van der Waals surface area contributed by atoms with Crippen molar-refractivity contribution in [2.75, 3.05) is 6.54 Å². The first-order valence-corrected chi connectivity index (χ1v) is 5.07. The van der Waals surface area contributed by atoms with Crippen LogP contribution >= 0.6 is 0 Å². The van der Waals surface area contributed by atoms with Crippen LogP contribution in [-0.4, -0.2) is 6.54 Å². The quantitative estimate of drug-likeness (QED) is 0.717. The van der Waals surface area contributed by atoms with E-state index < -0.39 is 0 Å². The van der Waals surface area contributed by atoms with E-state index in [1.165, 1.54) is 24.8 Å². The highest BCUT2D eigenvalue weighted by atomic mass is 16.3. The van der Waals surface area contributed by atoms with Crippen LogP contribution in [0.1, 0.15) is 42.4 Å². The van der Waals surface area contributed by atoms with Gasteiger partial charge in [-0.1, -0.05) is 6.42 Å². The highest BCUT2D eigenvalue weighted by Gasteiger charge is 2.18. The Morgan fingerprint density at radius 1 is 1.38 bits per heavy atom. The lowest BCUT2D eigenvalue weighted by molar-refractivity contribution is 0.343. The summed E-state index contributed by atoms with van der Waals surface area (Å²) in [6, 6.07) is 2.62. The molecular formula is C11H17NO. The number of nitrogens with one attached hydrogen (secondary N) is 1. The summed E-state index contributed by atoms with van der Waals surface area (Å²) >= 11 is 0. The van der Waals surface area contributed by atoms with Gasteiger partial charge in [0.15, 0.2) is 0 Å². The zero-order chi connectivity index (χ0) is 9.26. The molecule has 2 heterocycles. The van der Waals surface area contributed by atoms with Crippen molar-refractivity contribution >= 4 is 0 Å². The first-order chi connectivity index (χ1) is 6.27. The average Bonchev–Trinajstić information content (AvgIpc) is 2.49. The highest BCUT2D eigenvalue weighted by Crippen LogP contribution is 2.26. The summed E-state index contributed by atoms with van der Waals surface area (Å²) in [4.78, 5) is 0. The van der Waals surface area contributed by atoms with Crippen molar-refractivity contribution in [2.45, 2.75) is 39.2 Å². The molecule has 1 atom stereocenters. The topological polar surface area (TPSA) is 25.2 Å². The molecule has 72 valence electrons. The van der Waals surface area contributed by atoms with E-state index in [9.17, 15) is 0 Å². The first-order valence-electron chi connectivity index (χ1n) is 5.07. The maximum atomic E-state index is 5.69. The van der Waals surface area contributed by atoms with Crippen molar-refractivity contribution in [3.05, 3.63) is 23.2 Å². The van der Waals surface area contributed by atoms with Gasteiger partial charge in [0.2, 0.25) is 0 Å². The van der Waals surface area contributed by atoms with Gasteiger partial charge in [0, 0.05) is 0 Å². The number of hydrogen-bond acceptors (Lipinski definition) is 2. The Kier molecular flexibility index (Phi) is 2.40. The lowest BCUT2D eigenvalue weighted by Crippen LogP contribution is -2.26. The maximum Gasteiger partial charge on any atom is 0.121 e. The summed E-state index contributed by atoms with van der Waals surface area (Å²) in [7, 11) is 0. The third-order valence-electron chi connectivity index (χ3n) is 2.84. The monoisotopic (exact) mass is 179 g/mol. The van der Waals surface area contributed by atoms with Crippen molar-refractivity contribution in [1.82, 2.24) is 5.32 Å². The van der Waals surface area contributed by atoms with Gasteiger partial charge in [-0.2, -0.15) is 0 Å². The molecule has 0 bridgehead atoms. The highest BCUT2D eigenvalue weighted by molar-refractivity contribution is 5.20. The van der Waals surface area contributed by atoms with Gasteiger partial charge in [-0.15, -0.1) is 0 Å². The summed E-state index contributed by atoms with van der Waals surface area (Å²) < 4.78 is 5.69. The number of rotatable bonds is 1. The molecule has 1 N–H and O–H groups in total. The molecule has 1 aliphatic rings. The second kappa shape index (κ2) is 3.54. The van der Waals surface area contributed by atoms with E-state index >= 15 is 0 Å². The fourth-order valence-electron chi connectivity index (χ4n) is 1.87. The van der Waals surface area contributed by atoms with Crippen LogP contribution in [0.25, 0.3) is 0 Å². The second-order valence-corrected chi connectivity index (χ2v) is 3.89. The molecule has 0 amide bonds. The molecule has 0 aliphatic carbocycles. The number of aryl methyl sites for hydroxylation is 2. The molecule has 1 fully saturated rings. The van der Waals surface area contributed by atoms with Crippen molar-refractivity contribution in [2.24, 2.45) is 0 Å². The van der Waals surface area contributed by atoms with E-state index in [0.29, 0.717) is 6.04 Å². The van der Waals surface area contributed by atoms with Crippen molar-refractivity contribution in [1.29, 1.82) is 0 Å². The van der Waals surface area contributed by atoms with Gasteiger partial charge in [0.1, 0.15) is 11.5 Å². The Balaban J connectivity index is 2.14. The minimum absolute atomic E-state index is 0.459. The van der Waals surface area contributed by atoms with Crippen LogP contribution in [-0.2, 0) is 0 Å². The lowest BCUT2D eigenvalue weighted by atomic mass is 10.0. The Morgan fingerprint density at radius 2 is 2.23 bits per heavy atom. The van der Waals surface area contributed by atoms with Gasteiger partial charge < -0.3 is 9.73 Å². The predicted molar refractivity (Wildman–Crippen MR) is 52.8 cm³/mol. The normalized spacial score (nSPS) is 23.4. The largest absolute Gasteiger partial charge is 0.464 e. The van der Waals surface area contributed by atoms with Crippen LogP contribution in [0.3, 0.4) is 0 Å². The molecule has 1 aliphatic heterocycles. The van der Waals surface area contributed by atoms with Crippen molar-refractivity contribution < 1.29 is 4.42 Å². The van der Waals surface area contributed by atoms with E-state index in [1.807, 2.05) is 6.92 Å². The molecule has 2 nitrogen and oxygen atoms in total. The smallest absolute Gasteiger partial charge is 0.121 e. The number of hydrogen-bond donors (Lipinski definition) is 1. The van der Waals surface area contributed by atoms with Gasteiger partial charge in [0.25, 0.3) is 0 Å². The molecule has 0 aromatic carbocycles. The van der Waals surface area contributed by atoms with Crippen LogP contribution in [0.5, 0.6) is 0 Å². The van der Waals surface area contributed by atoms with E-state index in [0.717, 1.165) is 18.1 Å². The van der Waals surface area contributed by atoms with Crippen LogP contribution in [0.15, 0.2) is 10.5 Å². The summed E-state index contributed by atoms with van der Waals surface area (Å²) in [5.74, 6) is 2.18. The van der Waals surface area contributed by atoms with Crippen LogP contribution in [0.4, 0.5) is 0 Å². The van der Waals surface area contributed by atoms with Crippen molar-refractivity contribution in [3.63, 3.8) is 0 Å². The Labute approximate surface area is 79.3 Å². The molecule has 0 radical (unpaired) electrons. The Bertz CT molecular complexity index is 265. The van der Waals surface area contributed by atoms with Crippen molar-refractivity contribution in [3.8, 4) is 0 Å². The standard InChI is InChI=1S/C11H17NO/c1-8-7-11(13-9(8)2)10-5-3-4-6-12-10/h7,10,12H,3-6H2,1-2H3. The molecule has 1 unspecified atom stereocenters. The van der Waals surface area contributed by atoms with Gasteiger partial charge in [-0.3, -0.25) is 0 Å². The molecule has 1 saturated heterocycles. The summed E-state index contributed by atoms with van der Waals surface area (Å²) in [6.07, 6.45) is 3.83. The van der Waals surface area contributed by atoms with E-state index in [1.54, 1.807) is 0 Å². The molecule has 0 spiro atoms. The molecule has 2 rings (SSSR count). The summed E-state index contributed by atoms with van der Waals surface area (Å²) in [5.41, 5.74) is 1.27. The SMILES string of the molecule is Cc1cc(C2CCCCN2)oc1C. The molecule has 0 saturated carbocycles. The molecular weight excluding hydrogens is 162 g/mol. The molecule has 13 heavy (non-hydrogen) atoms. The van der Waals surface area contributed by atoms with Gasteiger partial charge in [-0.25, -0.2) is 0 Å². The van der Waals surface area contributed by atoms with E-state index in [-0.39, 0.29) is 0 Å². The van der Waals surface area contributed by atoms with Crippen LogP contribution in [0.2, 0.25) is 0 Å². The van der Waals surface area contributed by atoms with E-state index in [4.69, 9.17) is 4.42 Å². The first kappa shape index (κ1) is 8.82. The predicted octanol–water partition coefficient (Wildman–Crippen LogP) is 2.71. The molecule has 2 heteroatoms. The summed E-state index contributed by atoms with van der Waals surface area (Å²) in [5, 5.41) is 3.48. The fraction of sp³-hybridized carbons (Fsp3) is 0.636. The average molecular weight is 179 g/mol. The van der Waals surface area contributed by atoms with Crippen LogP contribution in [0, 0.1) is 13.8 Å². The summed E-state index contributed by atoms with van der Waals surface area (Å²) in [6.45, 7) is 5.26.